The van der Waals surface area contributed by atoms with Crippen molar-refractivity contribution in [2.24, 2.45) is 5.92 Å². The first-order valence-corrected chi connectivity index (χ1v) is 8.13. The Balaban J connectivity index is 1.72. The van der Waals surface area contributed by atoms with Gasteiger partial charge in [0.1, 0.15) is 0 Å². The summed E-state index contributed by atoms with van der Waals surface area (Å²) in [6.07, 6.45) is 8.26. The Kier molecular flexibility index (Phi) is 4.22. The highest BCUT2D eigenvalue weighted by molar-refractivity contribution is 5.29. The van der Waals surface area contributed by atoms with Crippen LogP contribution in [-0.4, -0.2) is 13.1 Å². The molecule has 2 aliphatic rings. The van der Waals surface area contributed by atoms with Gasteiger partial charge in [0.2, 0.25) is 0 Å². The second kappa shape index (κ2) is 6.09. The first-order valence-electron chi connectivity index (χ1n) is 8.13. The molecule has 0 atom stereocenters. The molecular weight excluding hydrogens is 230 g/mol. The van der Waals surface area contributed by atoms with E-state index in [0.29, 0.717) is 0 Å². The van der Waals surface area contributed by atoms with Gasteiger partial charge < -0.3 is 5.32 Å². The minimum absolute atomic E-state index is 0.795. The Morgan fingerprint density at radius 2 is 1.42 bits per heavy atom. The van der Waals surface area contributed by atoms with E-state index in [-0.39, 0.29) is 0 Å². The molecular formula is C18H27N. The molecule has 1 aromatic rings. The minimum atomic E-state index is 0.795. The Morgan fingerprint density at radius 3 is 2.05 bits per heavy atom. The van der Waals surface area contributed by atoms with Crippen molar-refractivity contribution in [1.29, 1.82) is 0 Å². The van der Waals surface area contributed by atoms with Gasteiger partial charge in [-0.15, -0.1) is 0 Å². The van der Waals surface area contributed by atoms with Gasteiger partial charge in [0.05, 0.1) is 0 Å². The summed E-state index contributed by atoms with van der Waals surface area (Å²) < 4.78 is 0. The third-order valence-electron chi connectivity index (χ3n) is 5.21. The van der Waals surface area contributed by atoms with Gasteiger partial charge in [0, 0.05) is 0 Å². The van der Waals surface area contributed by atoms with Crippen LogP contribution in [0.3, 0.4) is 0 Å². The number of hydrogen-bond acceptors (Lipinski definition) is 1. The summed E-state index contributed by atoms with van der Waals surface area (Å²) in [6.45, 7) is 4.79. The van der Waals surface area contributed by atoms with E-state index < -0.39 is 0 Å². The van der Waals surface area contributed by atoms with E-state index in [9.17, 15) is 0 Å². The molecule has 1 heterocycles. The van der Waals surface area contributed by atoms with Gasteiger partial charge in [0.25, 0.3) is 0 Å². The lowest BCUT2D eigenvalue weighted by atomic mass is 9.78. The van der Waals surface area contributed by atoms with Crippen LogP contribution in [0.5, 0.6) is 0 Å². The maximum atomic E-state index is 3.47. The number of rotatable bonds is 2. The zero-order chi connectivity index (χ0) is 13.1. The van der Waals surface area contributed by atoms with Crippen LogP contribution < -0.4 is 5.32 Å². The molecule has 0 bridgehead atoms. The number of benzene rings is 1. The van der Waals surface area contributed by atoms with E-state index in [4.69, 9.17) is 0 Å². The van der Waals surface area contributed by atoms with Crippen LogP contribution in [-0.2, 0) is 0 Å². The molecule has 1 N–H and O–H groups in total. The zero-order valence-corrected chi connectivity index (χ0v) is 12.2. The molecule has 1 aliphatic heterocycles. The van der Waals surface area contributed by atoms with Gasteiger partial charge in [-0.2, -0.15) is 0 Å². The molecule has 3 rings (SSSR count). The molecule has 1 saturated heterocycles. The zero-order valence-electron chi connectivity index (χ0n) is 12.2. The van der Waals surface area contributed by atoms with Crippen LogP contribution in [0, 0.1) is 5.92 Å². The molecule has 0 aromatic heterocycles. The first-order chi connectivity index (χ1) is 9.33. The highest BCUT2D eigenvalue weighted by Crippen LogP contribution is 2.37. The third kappa shape index (κ3) is 3.20. The predicted octanol–water partition coefficient (Wildman–Crippen LogP) is 4.45. The van der Waals surface area contributed by atoms with Crippen molar-refractivity contribution in [2.45, 2.75) is 57.3 Å². The smallest absolute Gasteiger partial charge is 0.00431 e. The van der Waals surface area contributed by atoms with E-state index in [0.717, 1.165) is 17.8 Å². The van der Waals surface area contributed by atoms with Gasteiger partial charge in [-0.25, -0.2) is 0 Å². The summed E-state index contributed by atoms with van der Waals surface area (Å²) in [6, 6.07) is 9.54. The fourth-order valence-electron chi connectivity index (χ4n) is 3.82. The van der Waals surface area contributed by atoms with Gasteiger partial charge in [-0.3, -0.25) is 0 Å². The molecule has 19 heavy (non-hydrogen) atoms. The Labute approximate surface area is 117 Å². The highest BCUT2D eigenvalue weighted by Gasteiger charge is 2.21. The topological polar surface area (TPSA) is 12.0 Å². The van der Waals surface area contributed by atoms with Crippen molar-refractivity contribution in [1.82, 2.24) is 5.32 Å². The van der Waals surface area contributed by atoms with Crippen molar-refractivity contribution in [3.05, 3.63) is 35.4 Å². The van der Waals surface area contributed by atoms with Crippen LogP contribution in [0.2, 0.25) is 0 Å². The minimum Gasteiger partial charge on any atom is -0.317 e. The van der Waals surface area contributed by atoms with E-state index in [1.165, 1.54) is 51.6 Å². The normalized spacial score (nSPS) is 29.3. The van der Waals surface area contributed by atoms with E-state index >= 15 is 0 Å². The Hall–Kier alpha value is -0.820. The van der Waals surface area contributed by atoms with Gasteiger partial charge >= 0.3 is 0 Å². The summed E-state index contributed by atoms with van der Waals surface area (Å²) in [5.41, 5.74) is 3.21. The molecule has 1 aromatic carbocycles. The second-order valence-corrected chi connectivity index (χ2v) is 6.65. The van der Waals surface area contributed by atoms with E-state index in [1.54, 1.807) is 11.1 Å². The summed E-state index contributed by atoms with van der Waals surface area (Å²) in [4.78, 5) is 0. The van der Waals surface area contributed by atoms with Gasteiger partial charge in [-0.1, -0.05) is 44.0 Å². The first kappa shape index (κ1) is 13.2. The largest absolute Gasteiger partial charge is 0.317 e. The molecule has 1 saturated carbocycles. The Bertz CT molecular complexity index is 398. The molecule has 1 nitrogen and oxygen atoms in total. The lowest BCUT2D eigenvalue weighted by molar-refractivity contribution is 0.347. The van der Waals surface area contributed by atoms with Gasteiger partial charge in [0.15, 0.2) is 0 Å². The average Bonchev–Trinajstić information content (AvgIpc) is 2.49. The SMILES string of the molecule is CC1CCC(c2cccc(C3CCNCC3)c2)CC1. The van der Waals surface area contributed by atoms with Crippen LogP contribution in [0.15, 0.2) is 24.3 Å². The van der Waals surface area contributed by atoms with Crippen molar-refractivity contribution in [3.8, 4) is 0 Å². The van der Waals surface area contributed by atoms with Crippen LogP contribution >= 0.6 is 0 Å². The molecule has 0 unspecified atom stereocenters. The standard InChI is InChI=1S/C18H27N/c1-14-5-7-15(8-6-14)17-3-2-4-18(13-17)16-9-11-19-12-10-16/h2-4,13-16,19H,5-12H2,1H3. The number of hydrogen-bond donors (Lipinski definition) is 1. The monoisotopic (exact) mass is 257 g/mol. The number of nitrogens with one attached hydrogen (secondary N) is 1. The molecule has 0 radical (unpaired) electrons. The maximum absolute atomic E-state index is 3.47. The van der Waals surface area contributed by atoms with Crippen molar-refractivity contribution >= 4 is 0 Å². The van der Waals surface area contributed by atoms with E-state index in [2.05, 4.69) is 36.5 Å². The average molecular weight is 257 g/mol. The highest BCUT2D eigenvalue weighted by atomic mass is 14.9. The molecule has 1 heteroatoms. The van der Waals surface area contributed by atoms with Gasteiger partial charge in [-0.05, 0) is 67.7 Å². The molecule has 104 valence electrons. The summed E-state index contributed by atoms with van der Waals surface area (Å²) in [7, 11) is 0. The molecule has 0 spiro atoms. The van der Waals surface area contributed by atoms with Crippen LogP contribution in [0.4, 0.5) is 0 Å². The summed E-state index contributed by atoms with van der Waals surface area (Å²) in [5.74, 6) is 2.57. The summed E-state index contributed by atoms with van der Waals surface area (Å²) >= 11 is 0. The number of piperidine rings is 1. The lowest BCUT2D eigenvalue weighted by Gasteiger charge is -2.28. The Morgan fingerprint density at radius 1 is 0.842 bits per heavy atom. The molecule has 0 amide bonds. The lowest BCUT2D eigenvalue weighted by Crippen LogP contribution is -2.26. The van der Waals surface area contributed by atoms with Crippen molar-refractivity contribution in [2.75, 3.05) is 13.1 Å². The molecule has 2 fully saturated rings. The van der Waals surface area contributed by atoms with Crippen LogP contribution in [0.1, 0.15) is 68.4 Å². The molecule has 1 aliphatic carbocycles. The fourth-order valence-corrected chi connectivity index (χ4v) is 3.82. The van der Waals surface area contributed by atoms with Crippen molar-refractivity contribution in [3.63, 3.8) is 0 Å². The quantitative estimate of drug-likeness (QED) is 0.825. The summed E-state index contributed by atoms with van der Waals surface area (Å²) in [5, 5.41) is 3.47. The fraction of sp³-hybridized carbons (Fsp3) is 0.667. The third-order valence-corrected chi connectivity index (χ3v) is 5.21. The van der Waals surface area contributed by atoms with Crippen molar-refractivity contribution < 1.29 is 0 Å². The van der Waals surface area contributed by atoms with Crippen LogP contribution in [0.25, 0.3) is 0 Å². The second-order valence-electron chi connectivity index (χ2n) is 6.65. The maximum Gasteiger partial charge on any atom is -0.00431 e. The van der Waals surface area contributed by atoms with E-state index in [1.807, 2.05) is 0 Å². The predicted molar refractivity (Wildman–Crippen MR) is 81.7 cm³/mol.